The number of carbonyl (C=O) groups is 1. The molecule has 0 atom stereocenters. The monoisotopic (exact) mass is 338 g/mol. The summed E-state index contributed by atoms with van der Waals surface area (Å²) in [4.78, 5) is 11.6. The van der Waals surface area contributed by atoms with Crippen molar-refractivity contribution in [3.05, 3.63) is 28.2 Å². The van der Waals surface area contributed by atoms with Crippen LogP contribution in [0.1, 0.15) is 19.8 Å². The summed E-state index contributed by atoms with van der Waals surface area (Å²) in [6.07, 6.45) is 1.33. The Hall–Kier alpha value is -0.820. The highest BCUT2D eigenvalue weighted by Gasteiger charge is 2.12. The van der Waals surface area contributed by atoms with Gasteiger partial charge in [-0.25, -0.2) is 13.1 Å². The molecule has 0 unspecified atom stereocenters. The summed E-state index contributed by atoms with van der Waals surface area (Å²) in [5.41, 5.74) is 0.417. The minimum Gasteiger partial charge on any atom is -0.325 e. The molecule has 1 amide bonds. The van der Waals surface area contributed by atoms with E-state index in [1.54, 1.807) is 0 Å². The molecule has 1 aromatic rings. The smallest absolute Gasteiger partial charge is 0.239 e. The average molecular weight is 339 g/mol. The quantitative estimate of drug-likeness (QED) is 0.802. The Morgan fingerprint density at radius 1 is 1.20 bits per heavy atom. The van der Waals surface area contributed by atoms with Gasteiger partial charge in [-0.15, -0.1) is 0 Å². The van der Waals surface area contributed by atoms with E-state index in [0.717, 1.165) is 6.42 Å². The number of halogens is 2. The van der Waals surface area contributed by atoms with Gasteiger partial charge in [0, 0.05) is 15.7 Å². The van der Waals surface area contributed by atoms with Crippen LogP contribution in [-0.2, 0) is 14.8 Å². The van der Waals surface area contributed by atoms with E-state index in [0.29, 0.717) is 22.2 Å². The fraction of sp³-hybridized carbons (Fsp3) is 0.417. The van der Waals surface area contributed by atoms with Crippen molar-refractivity contribution in [2.24, 2.45) is 0 Å². The van der Waals surface area contributed by atoms with Gasteiger partial charge in [-0.1, -0.05) is 36.5 Å². The maximum absolute atomic E-state index is 11.6. The molecule has 0 heterocycles. The molecule has 0 aliphatic rings. The molecule has 5 nitrogen and oxygen atoms in total. The van der Waals surface area contributed by atoms with Gasteiger partial charge in [0.1, 0.15) is 0 Å². The topological polar surface area (TPSA) is 75.3 Å². The minimum absolute atomic E-state index is 0.0137. The number of rotatable bonds is 7. The number of carbonyl (C=O) groups excluding carboxylic acids is 1. The summed E-state index contributed by atoms with van der Waals surface area (Å²) >= 11 is 11.6. The predicted molar refractivity (Wildman–Crippen MR) is 81.8 cm³/mol. The Morgan fingerprint density at radius 2 is 1.80 bits per heavy atom. The highest BCUT2D eigenvalue weighted by molar-refractivity contribution is 7.89. The second kappa shape index (κ2) is 7.83. The van der Waals surface area contributed by atoms with Crippen LogP contribution in [0.5, 0.6) is 0 Å². The lowest BCUT2D eigenvalue weighted by Crippen LogP contribution is -2.34. The molecule has 2 N–H and O–H groups in total. The number of sulfonamides is 1. The standard InChI is InChI=1S/C12H16Cl2N2O3S/c1-2-3-4-20(18,19)15-8-12(17)16-11-6-9(13)5-10(14)7-11/h5-7,15H,2-4,8H2,1H3,(H,16,17). The number of nitrogens with one attached hydrogen (secondary N) is 2. The number of hydrogen-bond donors (Lipinski definition) is 2. The van der Waals surface area contributed by atoms with Crippen molar-refractivity contribution in [3.8, 4) is 0 Å². The van der Waals surface area contributed by atoms with Crippen molar-refractivity contribution in [1.29, 1.82) is 0 Å². The van der Waals surface area contributed by atoms with E-state index < -0.39 is 15.9 Å². The van der Waals surface area contributed by atoms with Gasteiger partial charge in [-0.05, 0) is 24.6 Å². The Morgan fingerprint density at radius 3 is 2.35 bits per heavy atom. The summed E-state index contributed by atoms with van der Waals surface area (Å²) in [6.45, 7) is 1.57. The molecule has 8 heteroatoms. The Bertz CT molecular complexity index is 556. The van der Waals surface area contributed by atoms with Crippen LogP contribution in [0.4, 0.5) is 5.69 Å². The van der Waals surface area contributed by atoms with Crippen molar-refractivity contribution in [2.45, 2.75) is 19.8 Å². The van der Waals surface area contributed by atoms with E-state index in [-0.39, 0.29) is 12.3 Å². The first kappa shape index (κ1) is 17.2. The number of benzene rings is 1. The molecule has 0 aliphatic heterocycles. The maximum atomic E-state index is 11.6. The predicted octanol–water partition coefficient (Wildman–Crippen LogP) is 2.65. The molecular formula is C12H16Cl2N2O3S. The van der Waals surface area contributed by atoms with E-state index in [1.165, 1.54) is 18.2 Å². The van der Waals surface area contributed by atoms with Gasteiger partial charge in [0.05, 0.1) is 12.3 Å². The molecule has 1 aromatic carbocycles. The lowest BCUT2D eigenvalue weighted by atomic mass is 10.3. The second-order valence-electron chi connectivity index (χ2n) is 4.20. The summed E-state index contributed by atoms with van der Waals surface area (Å²) in [5.74, 6) is -0.469. The largest absolute Gasteiger partial charge is 0.325 e. The van der Waals surface area contributed by atoms with Crippen LogP contribution in [0.25, 0.3) is 0 Å². The molecule has 0 saturated heterocycles. The third-order valence-corrected chi connectivity index (χ3v) is 4.21. The van der Waals surface area contributed by atoms with Crippen molar-refractivity contribution >= 4 is 44.8 Å². The van der Waals surface area contributed by atoms with Crippen molar-refractivity contribution < 1.29 is 13.2 Å². The summed E-state index contributed by atoms with van der Waals surface area (Å²) in [6, 6.07) is 4.58. The first-order chi connectivity index (χ1) is 9.32. The highest BCUT2D eigenvalue weighted by atomic mass is 35.5. The van der Waals surface area contributed by atoms with Gasteiger partial charge in [0.15, 0.2) is 0 Å². The third kappa shape index (κ3) is 6.56. The third-order valence-electron chi connectivity index (χ3n) is 2.37. The summed E-state index contributed by atoms with van der Waals surface area (Å²) < 4.78 is 25.3. The first-order valence-electron chi connectivity index (χ1n) is 6.05. The minimum atomic E-state index is -3.41. The van der Waals surface area contributed by atoms with Crippen LogP contribution in [0.2, 0.25) is 10.0 Å². The van der Waals surface area contributed by atoms with Crippen LogP contribution in [0.15, 0.2) is 18.2 Å². The Balaban J connectivity index is 2.52. The van der Waals surface area contributed by atoms with Crippen LogP contribution in [0, 0.1) is 0 Å². The molecule has 0 saturated carbocycles. The first-order valence-corrected chi connectivity index (χ1v) is 8.46. The van der Waals surface area contributed by atoms with Crippen LogP contribution < -0.4 is 10.0 Å². The molecule has 0 spiro atoms. The second-order valence-corrected chi connectivity index (χ2v) is 7.00. The van der Waals surface area contributed by atoms with Crippen molar-refractivity contribution in [3.63, 3.8) is 0 Å². The van der Waals surface area contributed by atoms with E-state index in [9.17, 15) is 13.2 Å². The highest BCUT2D eigenvalue weighted by Crippen LogP contribution is 2.22. The van der Waals surface area contributed by atoms with E-state index in [2.05, 4.69) is 10.0 Å². The normalized spacial score (nSPS) is 11.3. The molecule has 112 valence electrons. The lowest BCUT2D eigenvalue weighted by molar-refractivity contribution is -0.115. The van der Waals surface area contributed by atoms with E-state index in [4.69, 9.17) is 23.2 Å². The van der Waals surface area contributed by atoms with E-state index in [1.807, 2.05) is 6.92 Å². The number of hydrogen-bond acceptors (Lipinski definition) is 3. The summed E-state index contributed by atoms with van der Waals surface area (Å²) in [7, 11) is -3.41. The van der Waals surface area contributed by atoms with E-state index >= 15 is 0 Å². The number of unbranched alkanes of at least 4 members (excludes halogenated alkanes) is 1. The fourth-order valence-corrected chi connectivity index (χ4v) is 3.10. The van der Waals surface area contributed by atoms with Gasteiger partial charge in [-0.3, -0.25) is 4.79 Å². The van der Waals surface area contributed by atoms with Crippen LogP contribution in [-0.4, -0.2) is 26.6 Å². The SMILES string of the molecule is CCCCS(=O)(=O)NCC(=O)Nc1cc(Cl)cc(Cl)c1. The molecule has 20 heavy (non-hydrogen) atoms. The molecule has 0 bridgehead atoms. The molecule has 1 rings (SSSR count). The average Bonchev–Trinajstić information content (AvgIpc) is 2.33. The van der Waals surface area contributed by atoms with Gasteiger partial charge in [-0.2, -0.15) is 0 Å². The van der Waals surface area contributed by atoms with Crippen molar-refractivity contribution in [2.75, 3.05) is 17.6 Å². The molecule has 0 aliphatic carbocycles. The molecule has 0 radical (unpaired) electrons. The Kier molecular flexibility index (Phi) is 6.75. The lowest BCUT2D eigenvalue weighted by Gasteiger charge is -2.08. The van der Waals surface area contributed by atoms with Gasteiger partial charge >= 0.3 is 0 Å². The molecule has 0 aromatic heterocycles. The van der Waals surface area contributed by atoms with Gasteiger partial charge in [0.2, 0.25) is 15.9 Å². The van der Waals surface area contributed by atoms with Crippen molar-refractivity contribution in [1.82, 2.24) is 4.72 Å². The zero-order valence-electron chi connectivity index (χ0n) is 10.9. The number of amides is 1. The number of anilines is 1. The molecular weight excluding hydrogens is 323 g/mol. The summed E-state index contributed by atoms with van der Waals surface area (Å²) in [5, 5.41) is 3.29. The van der Waals surface area contributed by atoms with Gasteiger partial charge in [0.25, 0.3) is 0 Å². The van der Waals surface area contributed by atoms with Crippen LogP contribution >= 0.6 is 23.2 Å². The fourth-order valence-electron chi connectivity index (χ4n) is 1.41. The zero-order chi connectivity index (χ0) is 15.2. The maximum Gasteiger partial charge on any atom is 0.239 e. The zero-order valence-corrected chi connectivity index (χ0v) is 13.3. The molecule has 0 fully saturated rings. The van der Waals surface area contributed by atoms with Gasteiger partial charge < -0.3 is 5.32 Å². The Labute approximate surface area is 128 Å². The van der Waals surface area contributed by atoms with Crippen LogP contribution in [0.3, 0.4) is 0 Å².